The number of aromatic nitrogens is 1. The van der Waals surface area contributed by atoms with Crippen LogP contribution in [-0.4, -0.2) is 53.4 Å². The summed E-state index contributed by atoms with van der Waals surface area (Å²) in [5.74, 6) is 7.72. The SMILES string of the molecule is COc1ccc2nccc(C(O)CC[C@@H]3CCN(CC#Cc4cccc(Cl)c4)C[C@@H]3CO)c2c1. The van der Waals surface area contributed by atoms with Crippen LogP contribution in [0.4, 0.5) is 0 Å². The Kier molecular flexibility index (Phi) is 8.42. The molecule has 0 aliphatic carbocycles. The van der Waals surface area contributed by atoms with Crippen LogP contribution in [-0.2, 0) is 0 Å². The fraction of sp³-hybridized carbons (Fsp3) is 0.393. The zero-order valence-corrected chi connectivity index (χ0v) is 20.2. The second kappa shape index (κ2) is 11.7. The quantitative estimate of drug-likeness (QED) is 0.482. The highest BCUT2D eigenvalue weighted by molar-refractivity contribution is 6.30. The van der Waals surface area contributed by atoms with Gasteiger partial charge in [-0.1, -0.05) is 29.5 Å². The molecule has 0 bridgehead atoms. The van der Waals surface area contributed by atoms with Crippen molar-refractivity contribution < 1.29 is 14.9 Å². The lowest BCUT2D eigenvalue weighted by Gasteiger charge is -2.37. The smallest absolute Gasteiger partial charge is 0.119 e. The molecule has 6 heteroatoms. The fourth-order valence-corrected chi connectivity index (χ4v) is 4.99. The number of pyridine rings is 1. The van der Waals surface area contributed by atoms with Crippen molar-refractivity contribution in [1.29, 1.82) is 0 Å². The summed E-state index contributed by atoms with van der Waals surface area (Å²) in [5.41, 5.74) is 2.63. The maximum atomic E-state index is 11.0. The van der Waals surface area contributed by atoms with Gasteiger partial charge in [-0.3, -0.25) is 9.88 Å². The Morgan fingerprint density at radius 2 is 2.09 bits per heavy atom. The normalized spacial score (nSPS) is 19.4. The van der Waals surface area contributed by atoms with E-state index >= 15 is 0 Å². The van der Waals surface area contributed by atoms with Crippen LogP contribution in [0, 0.1) is 23.7 Å². The molecule has 0 spiro atoms. The van der Waals surface area contributed by atoms with Gasteiger partial charge in [-0.25, -0.2) is 0 Å². The Bertz CT molecular complexity index is 1170. The summed E-state index contributed by atoms with van der Waals surface area (Å²) >= 11 is 6.03. The Hall–Kier alpha value is -2.62. The molecule has 1 unspecified atom stereocenters. The van der Waals surface area contributed by atoms with Crippen molar-refractivity contribution in [2.45, 2.75) is 25.4 Å². The van der Waals surface area contributed by atoms with E-state index in [9.17, 15) is 10.2 Å². The molecule has 5 nitrogen and oxygen atoms in total. The first-order chi connectivity index (χ1) is 16.6. The third-order valence-corrected chi connectivity index (χ3v) is 6.96. The average molecular weight is 479 g/mol. The molecule has 2 N–H and O–H groups in total. The Labute approximate surface area is 206 Å². The number of ether oxygens (including phenoxy) is 1. The maximum absolute atomic E-state index is 11.0. The predicted octanol–water partition coefficient (Wildman–Crippen LogP) is 4.69. The van der Waals surface area contributed by atoms with E-state index in [1.165, 1.54) is 0 Å². The Morgan fingerprint density at radius 3 is 2.88 bits per heavy atom. The molecule has 3 aromatic rings. The molecule has 3 atom stereocenters. The van der Waals surface area contributed by atoms with Gasteiger partial charge in [-0.15, -0.1) is 0 Å². The van der Waals surface area contributed by atoms with Crippen LogP contribution < -0.4 is 4.74 Å². The minimum absolute atomic E-state index is 0.147. The van der Waals surface area contributed by atoms with Gasteiger partial charge >= 0.3 is 0 Å². The number of benzene rings is 2. The summed E-state index contributed by atoms with van der Waals surface area (Å²) in [6, 6.07) is 15.2. The molecule has 1 aliphatic rings. The van der Waals surface area contributed by atoms with Crippen LogP contribution in [0.15, 0.2) is 54.7 Å². The van der Waals surface area contributed by atoms with Crippen LogP contribution in [0.1, 0.15) is 36.5 Å². The first-order valence-corrected chi connectivity index (χ1v) is 12.1. The average Bonchev–Trinajstić information content (AvgIpc) is 2.87. The fourth-order valence-electron chi connectivity index (χ4n) is 4.80. The van der Waals surface area contributed by atoms with E-state index < -0.39 is 6.10 Å². The summed E-state index contributed by atoms with van der Waals surface area (Å²) < 4.78 is 5.35. The lowest BCUT2D eigenvalue weighted by molar-refractivity contribution is 0.0640. The summed E-state index contributed by atoms with van der Waals surface area (Å²) in [4.78, 5) is 6.71. The van der Waals surface area contributed by atoms with Gasteiger partial charge in [0, 0.05) is 35.3 Å². The van der Waals surface area contributed by atoms with Crippen LogP contribution in [0.25, 0.3) is 10.9 Å². The number of fused-ring (bicyclic) bond motifs is 1. The van der Waals surface area contributed by atoms with Gasteiger partial charge in [0.2, 0.25) is 0 Å². The molecule has 0 amide bonds. The number of aliphatic hydroxyl groups is 2. The molecule has 34 heavy (non-hydrogen) atoms. The van der Waals surface area contributed by atoms with E-state index in [1.54, 1.807) is 13.3 Å². The first-order valence-electron chi connectivity index (χ1n) is 11.8. The van der Waals surface area contributed by atoms with E-state index in [1.807, 2.05) is 48.5 Å². The van der Waals surface area contributed by atoms with E-state index in [0.29, 0.717) is 23.9 Å². The molecule has 0 saturated carbocycles. The highest BCUT2D eigenvalue weighted by atomic mass is 35.5. The zero-order valence-electron chi connectivity index (χ0n) is 19.5. The molecule has 1 fully saturated rings. The van der Waals surface area contributed by atoms with Gasteiger partial charge in [0.15, 0.2) is 0 Å². The van der Waals surface area contributed by atoms with Crippen LogP contribution in [0.3, 0.4) is 0 Å². The molecule has 2 heterocycles. The van der Waals surface area contributed by atoms with Crippen molar-refractivity contribution in [1.82, 2.24) is 9.88 Å². The second-order valence-electron chi connectivity index (χ2n) is 8.92. The van der Waals surface area contributed by atoms with E-state index in [4.69, 9.17) is 16.3 Å². The number of rotatable bonds is 7. The number of methoxy groups -OCH3 is 1. The van der Waals surface area contributed by atoms with Crippen molar-refractivity contribution in [2.24, 2.45) is 11.8 Å². The summed E-state index contributed by atoms with van der Waals surface area (Å²) in [6.07, 6.45) is 3.65. The van der Waals surface area contributed by atoms with E-state index in [0.717, 1.165) is 53.7 Å². The molecule has 1 aliphatic heterocycles. The molecular weight excluding hydrogens is 448 g/mol. The second-order valence-corrected chi connectivity index (χ2v) is 9.35. The Morgan fingerprint density at radius 1 is 1.21 bits per heavy atom. The van der Waals surface area contributed by atoms with Crippen molar-refractivity contribution in [3.8, 4) is 17.6 Å². The number of nitrogens with zero attached hydrogens (tertiary/aromatic N) is 2. The van der Waals surface area contributed by atoms with Gasteiger partial charge in [-0.2, -0.15) is 0 Å². The van der Waals surface area contributed by atoms with Gasteiger partial charge in [0.1, 0.15) is 5.75 Å². The highest BCUT2D eigenvalue weighted by Crippen LogP contribution is 2.33. The minimum atomic E-state index is -0.585. The van der Waals surface area contributed by atoms with Crippen LogP contribution in [0.5, 0.6) is 5.75 Å². The van der Waals surface area contributed by atoms with Crippen molar-refractivity contribution >= 4 is 22.5 Å². The molecule has 2 aromatic carbocycles. The van der Waals surface area contributed by atoms with Gasteiger partial charge in [0.25, 0.3) is 0 Å². The van der Waals surface area contributed by atoms with Crippen molar-refractivity contribution in [3.63, 3.8) is 0 Å². The molecule has 1 saturated heterocycles. The summed E-state index contributed by atoms with van der Waals surface area (Å²) in [6.45, 7) is 2.57. The van der Waals surface area contributed by atoms with Crippen molar-refractivity contribution in [3.05, 3.63) is 70.9 Å². The lowest BCUT2D eigenvalue weighted by atomic mass is 9.81. The number of hydrogen-bond acceptors (Lipinski definition) is 5. The van der Waals surface area contributed by atoms with Crippen molar-refractivity contribution in [2.75, 3.05) is 33.4 Å². The maximum Gasteiger partial charge on any atom is 0.119 e. The largest absolute Gasteiger partial charge is 0.497 e. The van der Waals surface area contributed by atoms with Gasteiger partial charge in [-0.05, 0) is 85.7 Å². The minimum Gasteiger partial charge on any atom is -0.497 e. The molecule has 178 valence electrons. The van der Waals surface area contributed by atoms with E-state index in [2.05, 4.69) is 21.7 Å². The molecular formula is C28H31ClN2O3. The number of piperidine rings is 1. The third kappa shape index (κ3) is 6.08. The van der Waals surface area contributed by atoms with E-state index in [-0.39, 0.29) is 12.5 Å². The zero-order chi connectivity index (χ0) is 23.9. The number of aliphatic hydroxyl groups excluding tert-OH is 2. The molecule has 1 aromatic heterocycles. The van der Waals surface area contributed by atoms with Crippen LogP contribution >= 0.6 is 11.6 Å². The van der Waals surface area contributed by atoms with Gasteiger partial charge < -0.3 is 14.9 Å². The topological polar surface area (TPSA) is 65.8 Å². The molecule has 0 radical (unpaired) electrons. The molecule has 4 rings (SSSR count). The Balaban J connectivity index is 1.34. The summed E-state index contributed by atoms with van der Waals surface area (Å²) in [5, 5.41) is 22.6. The predicted molar refractivity (Wildman–Crippen MR) is 136 cm³/mol. The third-order valence-electron chi connectivity index (χ3n) is 6.72. The monoisotopic (exact) mass is 478 g/mol. The number of hydrogen-bond donors (Lipinski definition) is 2. The first kappa shape index (κ1) is 24.5. The summed E-state index contributed by atoms with van der Waals surface area (Å²) in [7, 11) is 1.64. The highest BCUT2D eigenvalue weighted by Gasteiger charge is 2.29. The standard InChI is InChI=1S/C28H31ClN2O3/c1-34-24-8-9-27-26(17-24)25(11-13-30-27)28(33)10-7-21-12-15-31(18-22(21)19-32)14-3-5-20-4-2-6-23(29)16-20/h2,4,6,8-9,11,13,16-17,21-22,28,32-33H,7,10,12,14-15,18-19H2,1H3/t21-,22-,28?/m1/s1. The lowest BCUT2D eigenvalue weighted by Crippen LogP contribution is -2.42. The number of likely N-dealkylation sites (tertiary alicyclic amines) is 1. The van der Waals surface area contributed by atoms with Crippen LogP contribution in [0.2, 0.25) is 5.02 Å². The van der Waals surface area contributed by atoms with Gasteiger partial charge in [0.05, 0.1) is 25.3 Å². The number of halogens is 1.